The maximum atomic E-state index is 10.8. The summed E-state index contributed by atoms with van der Waals surface area (Å²) in [6, 6.07) is 6.57. The number of hydrogen-bond donors (Lipinski definition) is 1. The highest BCUT2D eigenvalue weighted by Gasteiger charge is 2.15. The number of nitrogens with one attached hydrogen (secondary N) is 1. The highest BCUT2D eigenvalue weighted by atomic mass is 16.6. The van der Waals surface area contributed by atoms with Crippen molar-refractivity contribution in [3.63, 3.8) is 0 Å². The van der Waals surface area contributed by atoms with Gasteiger partial charge in [-0.2, -0.15) is 5.10 Å². The lowest BCUT2D eigenvalue weighted by atomic mass is 9.89. The first-order valence-corrected chi connectivity index (χ1v) is 6.21. The molecule has 0 aliphatic heterocycles. The van der Waals surface area contributed by atoms with Crippen molar-refractivity contribution in [1.29, 1.82) is 0 Å². The Kier molecular flexibility index (Phi) is 3.92. The van der Waals surface area contributed by atoms with Gasteiger partial charge >= 0.3 is 0 Å². The van der Waals surface area contributed by atoms with Crippen LogP contribution in [0, 0.1) is 16.0 Å². The average Bonchev–Trinajstić information content (AvgIpc) is 2.37. The number of anilines is 1. The minimum Gasteiger partial charge on any atom is -0.272 e. The second-order valence-electron chi connectivity index (χ2n) is 4.77. The van der Waals surface area contributed by atoms with Gasteiger partial charge in [-0.3, -0.25) is 15.5 Å². The molecule has 1 aromatic carbocycles. The zero-order valence-corrected chi connectivity index (χ0v) is 10.4. The molecule has 1 aromatic rings. The minimum absolute atomic E-state index is 0.0608. The molecule has 0 aromatic heterocycles. The monoisotopic (exact) mass is 247 g/mol. The van der Waals surface area contributed by atoms with Gasteiger partial charge in [0.2, 0.25) is 0 Å². The third kappa shape index (κ3) is 3.06. The van der Waals surface area contributed by atoms with E-state index in [1.807, 2.05) is 0 Å². The highest BCUT2D eigenvalue weighted by Crippen LogP contribution is 2.25. The lowest BCUT2D eigenvalue weighted by Gasteiger charge is -2.19. The Labute approximate surface area is 106 Å². The summed E-state index contributed by atoms with van der Waals surface area (Å²) in [5.74, 6) is 0.657. The molecule has 1 N–H and O–H groups in total. The van der Waals surface area contributed by atoms with Crippen molar-refractivity contribution in [3.05, 3.63) is 34.4 Å². The summed E-state index contributed by atoms with van der Waals surface area (Å²) in [6.45, 7) is 2.21. The van der Waals surface area contributed by atoms with E-state index in [1.54, 1.807) is 18.2 Å². The van der Waals surface area contributed by atoms with Crippen molar-refractivity contribution < 1.29 is 4.92 Å². The minimum atomic E-state index is -0.397. The van der Waals surface area contributed by atoms with Crippen LogP contribution < -0.4 is 5.43 Å². The number of rotatable bonds is 3. The predicted molar refractivity (Wildman–Crippen MR) is 71.8 cm³/mol. The smallest absolute Gasteiger partial charge is 0.272 e. The zero-order chi connectivity index (χ0) is 13.0. The molecule has 1 fully saturated rings. The Balaban J connectivity index is 2.10. The van der Waals surface area contributed by atoms with Crippen LogP contribution in [0.1, 0.15) is 32.6 Å². The third-order valence-electron chi connectivity index (χ3n) is 3.18. The second-order valence-corrected chi connectivity index (χ2v) is 4.77. The van der Waals surface area contributed by atoms with Crippen LogP contribution in [0.3, 0.4) is 0 Å². The topological polar surface area (TPSA) is 67.5 Å². The molecule has 0 saturated heterocycles. The maximum Gasteiger partial charge on any atom is 0.294 e. The number of nitro benzene ring substituents is 1. The van der Waals surface area contributed by atoms with E-state index in [-0.39, 0.29) is 5.69 Å². The molecule has 18 heavy (non-hydrogen) atoms. The highest BCUT2D eigenvalue weighted by molar-refractivity contribution is 5.86. The van der Waals surface area contributed by atoms with E-state index < -0.39 is 4.92 Å². The molecule has 5 nitrogen and oxygen atoms in total. The van der Waals surface area contributed by atoms with Crippen LogP contribution in [0.2, 0.25) is 0 Å². The SMILES string of the molecule is CC1CCC/C(=N\Nc2ccccc2[N+](=O)[O-])C1. The largest absolute Gasteiger partial charge is 0.294 e. The Morgan fingerprint density at radius 3 is 2.94 bits per heavy atom. The molecule has 1 aliphatic carbocycles. The number of benzene rings is 1. The lowest BCUT2D eigenvalue weighted by molar-refractivity contribution is -0.384. The van der Waals surface area contributed by atoms with Gasteiger partial charge in [0.05, 0.1) is 4.92 Å². The van der Waals surface area contributed by atoms with E-state index in [2.05, 4.69) is 17.5 Å². The molecule has 1 aliphatic rings. The first kappa shape index (κ1) is 12.5. The van der Waals surface area contributed by atoms with Crippen molar-refractivity contribution in [2.45, 2.75) is 32.6 Å². The number of nitrogens with zero attached hydrogens (tertiary/aromatic N) is 2. The van der Waals surface area contributed by atoms with Gasteiger partial charge in [-0.1, -0.05) is 19.1 Å². The molecule has 0 radical (unpaired) electrons. The van der Waals surface area contributed by atoms with E-state index >= 15 is 0 Å². The van der Waals surface area contributed by atoms with E-state index in [4.69, 9.17) is 0 Å². The first-order chi connectivity index (χ1) is 8.66. The first-order valence-electron chi connectivity index (χ1n) is 6.21. The van der Waals surface area contributed by atoms with Crippen molar-refractivity contribution in [3.8, 4) is 0 Å². The molecular formula is C13H17N3O2. The van der Waals surface area contributed by atoms with Gasteiger partial charge in [-0.15, -0.1) is 0 Å². The number of para-hydroxylation sites is 2. The third-order valence-corrected chi connectivity index (χ3v) is 3.18. The normalized spacial score (nSPS) is 21.8. The van der Waals surface area contributed by atoms with Gasteiger partial charge in [-0.05, 0) is 37.7 Å². The fourth-order valence-electron chi connectivity index (χ4n) is 2.23. The molecule has 2 rings (SSSR count). The van der Waals surface area contributed by atoms with Crippen molar-refractivity contribution in [1.82, 2.24) is 0 Å². The van der Waals surface area contributed by atoms with Gasteiger partial charge < -0.3 is 0 Å². The molecule has 5 heteroatoms. The Bertz CT molecular complexity index is 471. The number of hydrazone groups is 1. The zero-order valence-electron chi connectivity index (χ0n) is 10.4. The van der Waals surface area contributed by atoms with E-state index in [9.17, 15) is 10.1 Å². The van der Waals surface area contributed by atoms with Gasteiger partial charge in [0.1, 0.15) is 5.69 Å². The van der Waals surface area contributed by atoms with Crippen molar-refractivity contribution in [2.75, 3.05) is 5.43 Å². The molecule has 1 unspecified atom stereocenters. The summed E-state index contributed by atoms with van der Waals surface area (Å²) in [7, 11) is 0. The number of hydrogen-bond acceptors (Lipinski definition) is 4. The van der Waals surface area contributed by atoms with Crippen LogP contribution in [0.5, 0.6) is 0 Å². The second kappa shape index (κ2) is 5.62. The Morgan fingerprint density at radius 2 is 2.22 bits per heavy atom. The summed E-state index contributed by atoms with van der Waals surface area (Å²) in [5, 5.41) is 15.2. The van der Waals surface area contributed by atoms with Gasteiger partial charge in [-0.25, -0.2) is 0 Å². The number of nitro groups is 1. The molecular weight excluding hydrogens is 230 g/mol. The standard InChI is InChI=1S/C13H17N3O2/c1-10-5-4-6-11(9-10)14-15-12-7-2-3-8-13(12)16(17)18/h2-3,7-8,10,15H,4-6,9H2,1H3/b14-11+. The van der Waals surface area contributed by atoms with Crippen molar-refractivity contribution in [2.24, 2.45) is 11.0 Å². The Morgan fingerprint density at radius 1 is 1.44 bits per heavy atom. The molecule has 0 amide bonds. The van der Waals surface area contributed by atoms with E-state index in [0.717, 1.165) is 25.0 Å². The van der Waals surface area contributed by atoms with Crippen LogP contribution in [0.4, 0.5) is 11.4 Å². The maximum absolute atomic E-state index is 10.8. The van der Waals surface area contributed by atoms with Gasteiger partial charge in [0.25, 0.3) is 5.69 Å². The Hall–Kier alpha value is -1.91. The summed E-state index contributed by atoms with van der Waals surface area (Å²) < 4.78 is 0. The summed E-state index contributed by atoms with van der Waals surface area (Å²) in [4.78, 5) is 10.4. The van der Waals surface area contributed by atoms with E-state index in [0.29, 0.717) is 11.6 Å². The van der Waals surface area contributed by atoms with E-state index in [1.165, 1.54) is 12.5 Å². The predicted octanol–water partition coefficient (Wildman–Crippen LogP) is 3.57. The van der Waals surface area contributed by atoms with Crippen LogP contribution in [0.15, 0.2) is 29.4 Å². The van der Waals surface area contributed by atoms with Crippen LogP contribution in [-0.4, -0.2) is 10.6 Å². The molecule has 1 saturated carbocycles. The fraction of sp³-hybridized carbons (Fsp3) is 0.462. The molecule has 0 spiro atoms. The lowest BCUT2D eigenvalue weighted by Crippen LogP contribution is -2.14. The van der Waals surface area contributed by atoms with Crippen molar-refractivity contribution >= 4 is 17.1 Å². The average molecular weight is 247 g/mol. The quantitative estimate of drug-likeness (QED) is 0.655. The summed E-state index contributed by atoms with van der Waals surface area (Å²) in [5.41, 5.74) is 4.45. The van der Waals surface area contributed by atoms with Gasteiger partial charge in [0, 0.05) is 11.8 Å². The summed E-state index contributed by atoms with van der Waals surface area (Å²) in [6.07, 6.45) is 4.36. The molecule has 0 bridgehead atoms. The van der Waals surface area contributed by atoms with Crippen LogP contribution >= 0.6 is 0 Å². The molecule has 96 valence electrons. The molecule has 0 heterocycles. The molecule has 1 atom stereocenters. The van der Waals surface area contributed by atoms with Crippen LogP contribution in [-0.2, 0) is 0 Å². The summed E-state index contributed by atoms with van der Waals surface area (Å²) >= 11 is 0. The van der Waals surface area contributed by atoms with Gasteiger partial charge in [0.15, 0.2) is 0 Å². The fourth-order valence-corrected chi connectivity index (χ4v) is 2.23. The van der Waals surface area contributed by atoms with Crippen LogP contribution in [0.25, 0.3) is 0 Å².